The largest absolute Gasteiger partial charge is 0.301 e. The fourth-order valence-electron chi connectivity index (χ4n) is 1.80. The van der Waals surface area contributed by atoms with Gasteiger partial charge in [0.25, 0.3) is 0 Å². The van der Waals surface area contributed by atoms with Gasteiger partial charge in [0.15, 0.2) is 5.03 Å². The zero-order chi connectivity index (χ0) is 10.4. The van der Waals surface area contributed by atoms with Crippen LogP contribution >= 0.6 is 0 Å². The molecule has 5 nitrogen and oxygen atoms in total. The predicted octanol–water partition coefficient (Wildman–Crippen LogP) is 0.986. The van der Waals surface area contributed by atoms with E-state index in [9.17, 15) is 10.1 Å². The summed E-state index contributed by atoms with van der Waals surface area (Å²) in [5.41, 5.74) is 0. The highest BCUT2D eigenvalue weighted by Gasteiger charge is 2.15. The molecular weight excluding hydrogens is 182 g/mol. The number of hydrogen-bond acceptors (Lipinski definition) is 3. The molecule has 1 rings (SSSR count). The van der Waals surface area contributed by atoms with Crippen molar-refractivity contribution in [2.24, 2.45) is 0 Å². The first-order chi connectivity index (χ1) is 6.74. The lowest BCUT2D eigenvalue weighted by molar-refractivity contribution is -0.654. The first-order valence-corrected chi connectivity index (χ1v) is 5.35. The summed E-state index contributed by atoms with van der Waals surface area (Å²) in [6.07, 6.45) is 3.79. The van der Waals surface area contributed by atoms with Crippen LogP contribution in [0, 0.1) is 10.1 Å². The molecule has 0 aromatic heterocycles. The Hall–Kier alpha value is -0.840. The van der Waals surface area contributed by atoms with Gasteiger partial charge in [0.2, 0.25) is 0 Å². The Morgan fingerprint density at radius 3 is 2.50 bits per heavy atom. The van der Waals surface area contributed by atoms with E-state index in [0.717, 1.165) is 19.6 Å². The minimum Gasteiger partial charge on any atom is -0.301 e. The molecule has 0 aromatic rings. The van der Waals surface area contributed by atoms with Crippen molar-refractivity contribution in [1.82, 2.24) is 9.91 Å². The summed E-state index contributed by atoms with van der Waals surface area (Å²) in [4.78, 5) is 12.8. The summed E-state index contributed by atoms with van der Waals surface area (Å²) in [6.45, 7) is 5.89. The average Bonchev–Trinajstić information content (AvgIpc) is 2.20. The molecule has 1 aliphatic rings. The van der Waals surface area contributed by atoms with Crippen LogP contribution in [-0.4, -0.2) is 47.7 Å². The van der Waals surface area contributed by atoms with Crippen LogP contribution in [0.1, 0.15) is 26.2 Å². The lowest BCUT2D eigenvalue weighted by Gasteiger charge is -2.27. The lowest BCUT2D eigenvalue weighted by atomic mass is 10.1. The van der Waals surface area contributed by atoms with Crippen molar-refractivity contribution in [3.63, 3.8) is 0 Å². The van der Waals surface area contributed by atoms with Gasteiger partial charge in [-0.05, 0) is 32.9 Å². The van der Waals surface area contributed by atoms with E-state index in [4.69, 9.17) is 0 Å². The Morgan fingerprint density at radius 1 is 1.36 bits per heavy atom. The van der Waals surface area contributed by atoms with Gasteiger partial charge < -0.3 is 4.90 Å². The maximum atomic E-state index is 10.5. The van der Waals surface area contributed by atoms with Crippen LogP contribution in [0.15, 0.2) is 0 Å². The van der Waals surface area contributed by atoms with Crippen LogP contribution in [0.25, 0.3) is 0 Å². The smallest absolute Gasteiger partial charge is 0.160 e. The summed E-state index contributed by atoms with van der Waals surface area (Å²) >= 11 is 0. The number of rotatable bonds is 5. The van der Waals surface area contributed by atoms with E-state index in [1.807, 2.05) is 6.92 Å². The Balaban J connectivity index is 2.20. The van der Waals surface area contributed by atoms with Crippen LogP contribution in [0.3, 0.4) is 0 Å². The molecule has 1 saturated heterocycles. The van der Waals surface area contributed by atoms with E-state index in [2.05, 4.69) is 4.90 Å². The van der Waals surface area contributed by atoms with Gasteiger partial charge in [-0.3, -0.25) is 0 Å². The van der Waals surface area contributed by atoms with E-state index >= 15 is 0 Å². The molecule has 0 aliphatic carbocycles. The van der Waals surface area contributed by atoms with Crippen molar-refractivity contribution >= 4 is 0 Å². The summed E-state index contributed by atoms with van der Waals surface area (Å²) in [5, 5.41) is 11.5. The minimum atomic E-state index is -0.302. The molecule has 5 heteroatoms. The lowest BCUT2D eigenvalue weighted by Crippen LogP contribution is -2.40. The van der Waals surface area contributed by atoms with Gasteiger partial charge in [0.1, 0.15) is 0 Å². The minimum absolute atomic E-state index is 0.302. The SMILES string of the molecule is CCN(CCN1CCCCC1)[N+](=O)[O-]. The van der Waals surface area contributed by atoms with Crippen LogP contribution in [0.2, 0.25) is 0 Å². The van der Waals surface area contributed by atoms with Gasteiger partial charge in [-0.15, -0.1) is 5.01 Å². The molecule has 0 saturated carbocycles. The highest BCUT2D eigenvalue weighted by molar-refractivity contribution is 4.64. The second kappa shape index (κ2) is 5.80. The third-order valence-electron chi connectivity index (χ3n) is 2.72. The Bertz CT molecular complexity index is 181. The van der Waals surface area contributed by atoms with Gasteiger partial charge in [0.05, 0.1) is 13.1 Å². The fourth-order valence-corrected chi connectivity index (χ4v) is 1.80. The zero-order valence-electron chi connectivity index (χ0n) is 8.81. The number of piperidine rings is 1. The van der Waals surface area contributed by atoms with Gasteiger partial charge in [-0.2, -0.15) is 0 Å². The highest BCUT2D eigenvalue weighted by Crippen LogP contribution is 2.07. The van der Waals surface area contributed by atoms with E-state index in [1.54, 1.807) is 0 Å². The number of nitrogens with zero attached hydrogens (tertiary/aromatic N) is 3. The van der Waals surface area contributed by atoms with E-state index in [1.165, 1.54) is 24.3 Å². The first-order valence-electron chi connectivity index (χ1n) is 5.35. The maximum Gasteiger partial charge on any atom is 0.160 e. The fraction of sp³-hybridized carbons (Fsp3) is 1.00. The number of hydrogen-bond donors (Lipinski definition) is 0. The molecule has 1 aliphatic heterocycles. The standard InChI is InChI=1S/C9H19N3O2/c1-2-11(12(13)14)9-8-10-6-4-3-5-7-10/h2-9H2,1H3. The molecule has 0 amide bonds. The normalized spacial score (nSPS) is 18.1. The van der Waals surface area contributed by atoms with Gasteiger partial charge >= 0.3 is 0 Å². The van der Waals surface area contributed by atoms with Crippen LogP contribution in [0.5, 0.6) is 0 Å². The molecule has 0 radical (unpaired) electrons. The van der Waals surface area contributed by atoms with Crippen molar-refractivity contribution in [3.05, 3.63) is 10.1 Å². The summed E-state index contributed by atoms with van der Waals surface area (Å²) in [5.74, 6) is 0. The van der Waals surface area contributed by atoms with Crippen molar-refractivity contribution in [3.8, 4) is 0 Å². The van der Waals surface area contributed by atoms with E-state index in [0.29, 0.717) is 13.1 Å². The molecule has 82 valence electrons. The third-order valence-corrected chi connectivity index (χ3v) is 2.72. The van der Waals surface area contributed by atoms with Crippen LogP contribution in [-0.2, 0) is 0 Å². The van der Waals surface area contributed by atoms with Gasteiger partial charge in [-0.1, -0.05) is 6.42 Å². The Kier molecular flexibility index (Phi) is 4.65. The molecule has 1 heterocycles. The maximum absolute atomic E-state index is 10.5. The second-order valence-electron chi connectivity index (χ2n) is 3.69. The molecule has 0 N–H and O–H groups in total. The first kappa shape index (κ1) is 11.2. The Labute approximate surface area is 84.8 Å². The summed E-state index contributed by atoms with van der Waals surface area (Å²) in [6, 6.07) is 0. The predicted molar refractivity (Wildman–Crippen MR) is 54.5 cm³/mol. The van der Waals surface area contributed by atoms with Crippen LogP contribution in [0.4, 0.5) is 0 Å². The summed E-state index contributed by atoms with van der Waals surface area (Å²) in [7, 11) is 0. The number of nitro groups is 1. The third kappa shape index (κ3) is 3.49. The highest BCUT2D eigenvalue weighted by atomic mass is 16.7. The van der Waals surface area contributed by atoms with E-state index < -0.39 is 0 Å². The molecule has 1 fully saturated rings. The van der Waals surface area contributed by atoms with Crippen molar-refractivity contribution < 1.29 is 5.03 Å². The molecule has 0 atom stereocenters. The van der Waals surface area contributed by atoms with Gasteiger partial charge in [0, 0.05) is 6.54 Å². The second-order valence-corrected chi connectivity index (χ2v) is 3.69. The quantitative estimate of drug-likeness (QED) is 0.491. The monoisotopic (exact) mass is 201 g/mol. The number of hydrazine groups is 1. The topological polar surface area (TPSA) is 49.6 Å². The molecule has 14 heavy (non-hydrogen) atoms. The van der Waals surface area contributed by atoms with Gasteiger partial charge in [-0.25, -0.2) is 10.1 Å². The van der Waals surface area contributed by atoms with Crippen molar-refractivity contribution in [2.75, 3.05) is 32.7 Å². The summed E-state index contributed by atoms with van der Waals surface area (Å²) < 4.78 is 0. The molecule has 0 aromatic carbocycles. The van der Waals surface area contributed by atoms with Crippen LogP contribution < -0.4 is 0 Å². The molecular formula is C9H19N3O2. The zero-order valence-corrected chi connectivity index (χ0v) is 8.81. The Morgan fingerprint density at radius 2 is 2.00 bits per heavy atom. The van der Waals surface area contributed by atoms with E-state index in [-0.39, 0.29) is 5.03 Å². The van der Waals surface area contributed by atoms with Crippen molar-refractivity contribution in [1.29, 1.82) is 0 Å². The average molecular weight is 201 g/mol. The molecule has 0 unspecified atom stereocenters. The van der Waals surface area contributed by atoms with Crippen molar-refractivity contribution in [2.45, 2.75) is 26.2 Å². The number of likely N-dealkylation sites (N-methyl/N-ethyl adjacent to an activating group) is 1. The number of likely N-dealkylation sites (tertiary alicyclic amines) is 1. The molecule has 0 bridgehead atoms. The molecule has 0 spiro atoms.